The second kappa shape index (κ2) is 3.18. The number of carbonyl (C=O) groups excluding carboxylic acids is 1. The smallest absolute Gasteiger partial charge is 0.250 e. The molecule has 0 aliphatic heterocycles. The number of rotatable bonds is 2. The van der Waals surface area contributed by atoms with Gasteiger partial charge < -0.3 is 9.90 Å². The maximum absolute atomic E-state index is 10.3. The van der Waals surface area contributed by atoms with Gasteiger partial charge >= 0.3 is 0 Å². The van der Waals surface area contributed by atoms with Crippen LogP contribution in [0.2, 0.25) is 0 Å². The third kappa shape index (κ3) is 1.80. The predicted molar refractivity (Wildman–Crippen MR) is 35.7 cm³/mol. The Balaban J connectivity index is 2.73. The number of hydrogen-bond donors (Lipinski definition) is 0. The monoisotopic (exact) mass is 154 g/mol. The minimum absolute atomic E-state index is 0.834. The first-order chi connectivity index (χ1) is 5.24. The summed E-state index contributed by atoms with van der Waals surface area (Å²) in [5, 5.41) is 10.3. The summed E-state index contributed by atoms with van der Waals surface area (Å²) in [6.07, 6.45) is 4.46. The lowest BCUT2D eigenvalue weighted by molar-refractivity contribution is -0.696. The molecule has 4 nitrogen and oxygen atoms in total. The zero-order chi connectivity index (χ0) is 8.27. The average molecular weight is 154 g/mol. The van der Waals surface area contributed by atoms with Crippen molar-refractivity contribution in [1.29, 1.82) is 0 Å². The molecule has 1 rings (SSSR count). The summed E-state index contributed by atoms with van der Waals surface area (Å²) in [6.45, 7) is 2.86. The molecule has 0 unspecified atom stereocenters. The Morgan fingerprint density at radius 1 is 1.73 bits per heavy atom. The van der Waals surface area contributed by atoms with E-state index >= 15 is 0 Å². The van der Waals surface area contributed by atoms with Gasteiger partial charge in [0.1, 0.15) is 12.4 Å². The minimum Gasteiger partial charge on any atom is -0.510 e. The standard InChI is InChI=1S/C7H10N2O2/c1-2-3-8-4-5-9(6-8)7(10)11/h4-6H,2-3H2,1H3. The quantitative estimate of drug-likeness (QED) is 0.533. The van der Waals surface area contributed by atoms with Gasteiger partial charge in [-0.1, -0.05) is 6.92 Å². The van der Waals surface area contributed by atoms with Crippen LogP contribution in [0.15, 0.2) is 18.7 Å². The molecule has 0 atom stereocenters. The zero-order valence-corrected chi connectivity index (χ0v) is 6.36. The normalized spacial score (nSPS) is 9.91. The lowest BCUT2D eigenvalue weighted by Crippen LogP contribution is -2.33. The van der Waals surface area contributed by atoms with E-state index in [4.69, 9.17) is 0 Å². The molecule has 0 fully saturated rings. The Bertz CT molecular complexity index is 255. The van der Waals surface area contributed by atoms with Crippen LogP contribution in [-0.2, 0) is 6.54 Å². The SMILES string of the molecule is CCC[n+]1ccn(C(=O)[O-])c1. The molecule has 0 radical (unpaired) electrons. The lowest BCUT2D eigenvalue weighted by Gasteiger charge is -1.91. The average Bonchev–Trinajstić information content (AvgIpc) is 2.37. The van der Waals surface area contributed by atoms with Crippen LogP contribution < -0.4 is 9.67 Å². The van der Waals surface area contributed by atoms with E-state index in [1.165, 1.54) is 12.5 Å². The van der Waals surface area contributed by atoms with Crippen LogP contribution in [0.1, 0.15) is 13.3 Å². The van der Waals surface area contributed by atoms with Crippen molar-refractivity contribution < 1.29 is 14.5 Å². The number of aryl methyl sites for hydroxylation is 1. The van der Waals surface area contributed by atoms with Gasteiger partial charge in [0.05, 0.1) is 6.54 Å². The van der Waals surface area contributed by atoms with Crippen LogP contribution in [0.3, 0.4) is 0 Å². The summed E-state index contributed by atoms with van der Waals surface area (Å²) in [5.74, 6) is 0. The van der Waals surface area contributed by atoms with Gasteiger partial charge in [-0.3, -0.25) is 0 Å². The molecule has 60 valence electrons. The van der Waals surface area contributed by atoms with E-state index in [1.54, 1.807) is 10.8 Å². The highest BCUT2D eigenvalue weighted by Crippen LogP contribution is 1.82. The fourth-order valence-electron chi connectivity index (χ4n) is 0.893. The second-order valence-corrected chi connectivity index (χ2v) is 2.32. The van der Waals surface area contributed by atoms with Crippen molar-refractivity contribution in [3.63, 3.8) is 0 Å². The molecule has 4 heteroatoms. The number of carboxylic acid groups (broad SMARTS) is 1. The minimum atomic E-state index is -1.19. The van der Waals surface area contributed by atoms with E-state index in [0.29, 0.717) is 0 Å². The zero-order valence-electron chi connectivity index (χ0n) is 6.36. The van der Waals surface area contributed by atoms with Gasteiger partial charge in [0.25, 0.3) is 0 Å². The molecule has 11 heavy (non-hydrogen) atoms. The summed E-state index contributed by atoms with van der Waals surface area (Å²) in [5.41, 5.74) is 0. The summed E-state index contributed by atoms with van der Waals surface area (Å²) in [4.78, 5) is 10.3. The van der Waals surface area contributed by atoms with Crippen molar-refractivity contribution in [3.05, 3.63) is 18.7 Å². The summed E-state index contributed by atoms with van der Waals surface area (Å²) >= 11 is 0. The highest BCUT2D eigenvalue weighted by molar-refractivity contribution is 5.64. The lowest BCUT2D eigenvalue weighted by atomic mass is 10.5. The second-order valence-electron chi connectivity index (χ2n) is 2.32. The maximum atomic E-state index is 10.3. The van der Waals surface area contributed by atoms with Crippen molar-refractivity contribution in [2.75, 3.05) is 0 Å². The van der Waals surface area contributed by atoms with E-state index in [2.05, 4.69) is 0 Å². The Labute approximate surface area is 64.7 Å². The molecular weight excluding hydrogens is 144 g/mol. The maximum Gasteiger partial charge on any atom is 0.250 e. The first-order valence-electron chi connectivity index (χ1n) is 3.52. The Morgan fingerprint density at radius 3 is 2.91 bits per heavy atom. The first kappa shape index (κ1) is 7.78. The molecule has 0 spiro atoms. The number of nitrogens with zero attached hydrogens (tertiary/aromatic N) is 2. The highest BCUT2D eigenvalue weighted by atomic mass is 16.4. The molecule has 0 saturated heterocycles. The van der Waals surface area contributed by atoms with Gasteiger partial charge in [0.15, 0.2) is 0 Å². The van der Waals surface area contributed by atoms with Gasteiger partial charge in [0, 0.05) is 0 Å². The van der Waals surface area contributed by atoms with Crippen molar-refractivity contribution >= 4 is 6.09 Å². The fraction of sp³-hybridized carbons (Fsp3) is 0.429. The number of aromatic nitrogens is 2. The number of imidazole rings is 1. The Kier molecular flexibility index (Phi) is 2.25. The van der Waals surface area contributed by atoms with Crippen LogP contribution in [0.4, 0.5) is 4.79 Å². The topological polar surface area (TPSA) is 48.9 Å². The van der Waals surface area contributed by atoms with Crippen molar-refractivity contribution in [2.45, 2.75) is 19.9 Å². The fourth-order valence-corrected chi connectivity index (χ4v) is 0.893. The van der Waals surface area contributed by atoms with Crippen molar-refractivity contribution in [3.8, 4) is 0 Å². The molecule has 0 aromatic carbocycles. The van der Waals surface area contributed by atoms with Crippen molar-refractivity contribution in [1.82, 2.24) is 4.57 Å². The largest absolute Gasteiger partial charge is 0.510 e. The van der Waals surface area contributed by atoms with E-state index in [1.807, 2.05) is 6.92 Å². The summed E-state index contributed by atoms with van der Waals surface area (Å²) in [6, 6.07) is 0. The van der Waals surface area contributed by atoms with Gasteiger partial charge in [-0.15, -0.1) is 0 Å². The number of carbonyl (C=O) groups is 1. The van der Waals surface area contributed by atoms with Crippen LogP contribution >= 0.6 is 0 Å². The first-order valence-corrected chi connectivity index (χ1v) is 3.52. The van der Waals surface area contributed by atoms with E-state index in [0.717, 1.165) is 17.5 Å². The Hall–Kier alpha value is -1.32. The van der Waals surface area contributed by atoms with Crippen LogP contribution in [0.25, 0.3) is 0 Å². The summed E-state index contributed by atoms with van der Waals surface area (Å²) in [7, 11) is 0. The molecule has 0 aliphatic rings. The molecule has 0 N–H and O–H groups in total. The van der Waals surface area contributed by atoms with Crippen LogP contribution in [0, 0.1) is 0 Å². The van der Waals surface area contributed by atoms with Gasteiger partial charge in [-0.25, -0.2) is 4.57 Å². The van der Waals surface area contributed by atoms with E-state index in [9.17, 15) is 9.90 Å². The summed E-state index contributed by atoms with van der Waals surface area (Å²) < 4.78 is 2.82. The molecule has 0 amide bonds. The van der Waals surface area contributed by atoms with Crippen molar-refractivity contribution in [2.24, 2.45) is 0 Å². The van der Waals surface area contributed by atoms with E-state index in [-0.39, 0.29) is 0 Å². The van der Waals surface area contributed by atoms with E-state index < -0.39 is 6.09 Å². The Morgan fingerprint density at radius 2 is 2.45 bits per heavy atom. The molecule has 1 aromatic rings. The van der Waals surface area contributed by atoms with Crippen LogP contribution in [0.5, 0.6) is 0 Å². The van der Waals surface area contributed by atoms with Crippen LogP contribution in [-0.4, -0.2) is 10.7 Å². The number of hydrogen-bond acceptors (Lipinski definition) is 2. The van der Waals surface area contributed by atoms with Gasteiger partial charge in [-0.2, -0.15) is 4.57 Å². The third-order valence-electron chi connectivity index (χ3n) is 1.38. The molecule has 0 aliphatic carbocycles. The molecule has 0 saturated carbocycles. The third-order valence-corrected chi connectivity index (χ3v) is 1.38. The molecule has 1 aromatic heterocycles. The van der Waals surface area contributed by atoms with Gasteiger partial charge in [0.2, 0.25) is 12.4 Å². The predicted octanol–water partition coefficient (Wildman–Crippen LogP) is -0.623. The molecule has 0 bridgehead atoms. The molecule has 1 heterocycles. The highest BCUT2D eigenvalue weighted by Gasteiger charge is 2.01. The van der Waals surface area contributed by atoms with Gasteiger partial charge in [-0.05, 0) is 6.42 Å². The molecular formula is C7H10N2O2.